The van der Waals surface area contributed by atoms with Gasteiger partial charge in [-0.25, -0.2) is 25.1 Å². The second kappa shape index (κ2) is 9.61. The van der Waals surface area contributed by atoms with Crippen molar-refractivity contribution in [2.45, 2.75) is 39.4 Å². The minimum atomic E-state index is -0.378. The van der Waals surface area contributed by atoms with Gasteiger partial charge in [0.2, 0.25) is 0 Å². The number of nitrogens with zero attached hydrogens (tertiary/aromatic N) is 5. The van der Waals surface area contributed by atoms with Gasteiger partial charge in [-0.15, -0.1) is 12.4 Å². The van der Waals surface area contributed by atoms with E-state index in [9.17, 15) is 4.79 Å². The molecule has 136 valence electrons. The molecule has 0 radical (unpaired) electrons. The molecule has 0 aromatic carbocycles. The summed E-state index contributed by atoms with van der Waals surface area (Å²) in [6.07, 6.45) is 5.41. The smallest absolute Gasteiger partial charge is 0.417 e. The maximum atomic E-state index is 12.6. The zero-order valence-electron chi connectivity index (χ0n) is 14.7. The highest BCUT2D eigenvalue weighted by Gasteiger charge is 2.43. The van der Waals surface area contributed by atoms with E-state index in [1.54, 1.807) is 11.1 Å². The Labute approximate surface area is 149 Å². The first kappa shape index (κ1) is 20.4. The molecule has 1 N–H and O–H groups in total. The number of unbranched alkanes of at least 4 members (excludes halogenated alkanes) is 2. The van der Waals surface area contributed by atoms with Crippen molar-refractivity contribution in [1.29, 1.82) is 0 Å². The predicted molar refractivity (Wildman–Crippen MR) is 96.3 cm³/mol. The van der Waals surface area contributed by atoms with Gasteiger partial charge in [0.15, 0.2) is 12.1 Å². The fourth-order valence-electron chi connectivity index (χ4n) is 2.58. The lowest BCUT2D eigenvalue weighted by atomic mass is 10.3. The van der Waals surface area contributed by atoms with Crippen molar-refractivity contribution in [2.24, 2.45) is 0 Å². The van der Waals surface area contributed by atoms with Gasteiger partial charge in [-0.2, -0.15) is 0 Å². The normalized spacial score (nSPS) is 16.1. The Kier molecular flexibility index (Phi) is 8.17. The summed E-state index contributed by atoms with van der Waals surface area (Å²) in [6.45, 7) is 5.26. The number of carbonyl (C=O) groups is 1. The lowest BCUT2D eigenvalue weighted by Crippen LogP contribution is -2.58. The Morgan fingerprint density at radius 1 is 1.38 bits per heavy atom. The summed E-state index contributed by atoms with van der Waals surface area (Å²) in [6, 6.07) is 0. The molecule has 1 amide bonds. The van der Waals surface area contributed by atoms with Crippen molar-refractivity contribution in [2.75, 3.05) is 37.2 Å². The largest absolute Gasteiger partial charge is 0.449 e. The van der Waals surface area contributed by atoms with Crippen LogP contribution in [0.3, 0.4) is 0 Å². The molecule has 0 bridgehead atoms. The number of carbonyl (C=O) groups excluding carboxylic acids is 1. The Bertz CT molecular complexity index is 530. The molecule has 1 unspecified atom stereocenters. The number of ether oxygens (including phenoxy) is 1. The third kappa shape index (κ3) is 4.25. The molecule has 8 nitrogen and oxygen atoms in total. The van der Waals surface area contributed by atoms with E-state index in [0.29, 0.717) is 24.7 Å². The molecule has 1 aromatic heterocycles. The number of nitrogens with one attached hydrogen (secondary N) is 1. The van der Waals surface area contributed by atoms with Crippen LogP contribution in [-0.4, -0.2) is 54.5 Å². The van der Waals surface area contributed by atoms with Gasteiger partial charge in [-0.1, -0.05) is 26.7 Å². The first-order chi connectivity index (χ1) is 11.1. The van der Waals surface area contributed by atoms with E-state index in [-0.39, 0.29) is 24.8 Å². The third-order valence-electron chi connectivity index (χ3n) is 3.58. The first-order valence-corrected chi connectivity index (χ1v) is 8.07. The van der Waals surface area contributed by atoms with Crippen LogP contribution in [0.25, 0.3) is 0 Å². The van der Waals surface area contributed by atoms with E-state index in [1.165, 1.54) is 6.33 Å². The minimum absolute atomic E-state index is 0. The number of aromatic nitrogens is 2. The Hall–Kier alpha value is -1.64. The third-order valence-corrected chi connectivity index (χ3v) is 3.58. The van der Waals surface area contributed by atoms with Crippen molar-refractivity contribution in [3.05, 3.63) is 12.5 Å². The van der Waals surface area contributed by atoms with E-state index in [4.69, 9.17) is 4.74 Å². The fourth-order valence-corrected chi connectivity index (χ4v) is 2.58. The quantitative estimate of drug-likeness (QED) is 0.749. The Morgan fingerprint density at radius 3 is 2.75 bits per heavy atom. The fraction of sp³-hybridized carbons (Fsp3) is 0.667. The van der Waals surface area contributed by atoms with E-state index in [0.717, 1.165) is 19.3 Å². The molecule has 0 spiro atoms. The van der Waals surface area contributed by atoms with Gasteiger partial charge in [0.05, 0.1) is 12.8 Å². The van der Waals surface area contributed by atoms with Crippen molar-refractivity contribution in [3.8, 4) is 0 Å². The molecule has 0 saturated heterocycles. The maximum absolute atomic E-state index is 12.6. The van der Waals surface area contributed by atoms with Crippen LogP contribution in [0.1, 0.15) is 33.1 Å². The Balaban J connectivity index is 0.00000288. The summed E-state index contributed by atoms with van der Waals surface area (Å²) in [7, 11) is 3.82. The van der Waals surface area contributed by atoms with Crippen LogP contribution in [0.2, 0.25) is 0 Å². The summed E-state index contributed by atoms with van der Waals surface area (Å²) < 4.78 is 5.44. The summed E-state index contributed by atoms with van der Waals surface area (Å²) in [5, 5.41) is 1.87. The zero-order valence-corrected chi connectivity index (χ0v) is 15.5. The molecule has 2 rings (SSSR count). The number of halogens is 1. The number of anilines is 2. The van der Waals surface area contributed by atoms with Crippen LogP contribution in [0, 0.1) is 0 Å². The van der Waals surface area contributed by atoms with E-state index in [1.807, 2.05) is 30.9 Å². The van der Waals surface area contributed by atoms with Gasteiger partial charge in [0, 0.05) is 6.54 Å². The van der Waals surface area contributed by atoms with Crippen LogP contribution < -0.4 is 15.3 Å². The standard InChI is InChI=1S/C15H26N6O2.ClH/c1-5-7-8-9-23-15(22)20-12-10-16-11-17-13(12)21(18-6-2)14(20)19(3)4;/h10-11,14,18H,5-9H2,1-4H3;1H. The summed E-state index contributed by atoms with van der Waals surface area (Å²) in [5.74, 6) is 0.672. The van der Waals surface area contributed by atoms with Gasteiger partial charge in [0.1, 0.15) is 12.0 Å². The lowest BCUT2D eigenvalue weighted by molar-refractivity contribution is 0.140. The molecule has 0 aliphatic carbocycles. The number of hydrogen-bond donors (Lipinski definition) is 1. The van der Waals surface area contributed by atoms with Crippen LogP contribution in [0.5, 0.6) is 0 Å². The highest BCUT2D eigenvalue weighted by molar-refractivity contribution is 5.95. The van der Waals surface area contributed by atoms with Crippen molar-refractivity contribution < 1.29 is 9.53 Å². The predicted octanol–water partition coefficient (Wildman–Crippen LogP) is 2.22. The highest BCUT2D eigenvalue weighted by Crippen LogP contribution is 2.36. The van der Waals surface area contributed by atoms with Gasteiger partial charge in [0.25, 0.3) is 0 Å². The van der Waals surface area contributed by atoms with Crippen LogP contribution in [0.4, 0.5) is 16.3 Å². The molecule has 0 saturated carbocycles. The van der Waals surface area contributed by atoms with E-state index in [2.05, 4.69) is 22.3 Å². The molecule has 1 aromatic rings. The number of hydrogen-bond acceptors (Lipinski definition) is 7. The lowest BCUT2D eigenvalue weighted by Gasteiger charge is -2.34. The van der Waals surface area contributed by atoms with Crippen LogP contribution in [-0.2, 0) is 4.74 Å². The number of rotatable bonds is 7. The van der Waals surface area contributed by atoms with Crippen LogP contribution in [0.15, 0.2) is 12.5 Å². The van der Waals surface area contributed by atoms with Crippen LogP contribution >= 0.6 is 12.4 Å². The summed E-state index contributed by atoms with van der Waals surface area (Å²) in [4.78, 5) is 24.5. The number of hydrazine groups is 1. The van der Waals surface area contributed by atoms with Crippen molar-refractivity contribution >= 4 is 30.0 Å². The average molecular weight is 359 g/mol. The monoisotopic (exact) mass is 358 g/mol. The number of fused-ring (bicyclic) bond motifs is 1. The molecule has 24 heavy (non-hydrogen) atoms. The second-order valence-electron chi connectivity index (χ2n) is 5.61. The van der Waals surface area contributed by atoms with Gasteiger partial charge in [-0.05, 0) is 20.5 Å². The first-order valence-electron chi connectivity index (χ1n) is 8.07. The zero-order chi connectivity index (χ0) is 16.8. The molecule has 1 aliphatic rings. The van der Waals surface area contributed by atoms with E-state index >= 15 is 0 Å². The Morgan fingerprint density at radius 2 is 2.12 bits per heavy atom. The topological polar surface area (TPSA) is 73.8 Å². The molecular weight excluding hydrogens is 332 g/mol. The SMILES string of the molecule is CCCCCOC(=O)N1c2cncnc2N(NCC)C1N(C)C.Cl. The molecule has 2 heterocycles. The highest BCUT2D eigenvalue weighted by atomic mass is 35.5. The molecule has 1 atom stereocenters. The minimum Gasteiger partial charge on any atom is -0.449 e. The summed E-state index contributed by atoms with van der Waals surface area (Å²) >= 11 is 0. The number of amides is 1. The average Bonchev–Trinajstić information content (AvgIpc) is 2.87. The molecule has 9 heteroatoms. The second-order valence-corrected chi connectivity index (χ2v) is 5.61. The van der Waals surface area contributed by atoms with Gasteiger partial charge in [-0.3, -0.25) is 9.91 Å². The van der Waals surface area contributed by atoms with Gasteiger partial charge >= 0.3 is 6.09 Å². The maximum Gasteiger partial charge on any atom is 0.417 e. The molecular formula is C15H27ClN6O2. The summed E-state index contributed by atoms with van der Waals surface area (Å²) in [5.41, 5.74) is 3.89. The molecule has 1 aliphatic heterocycles. The van der Waals surface area contributed by atoms with Gasteiger partial charge < -0.3 is 4.74 Å². The van der Waals surface area contributed by atoms with E-state index < -0.39 is 0 Å². The molecule has 0 fully saturated rings. The van der Waals surface area contributed by atoms with Crippen molar-refractivity contribution in [3.63, 3.8) is 0 Å². The van der Waals surface area contributed by atoms with Crippen molar-refractivity contribution in [1.82, 2.24) is 20.3 Å².